The Labute approximate surface area is 120 Å². The van der Waals surface area contributed by atoms with Crippen molar-refractivity contribution in [3.63, 3.8) is 0 Å². The maximum absolute atomic E-state index is 11.7. The van der Waals surface area contributed by atoms with Crippen molar-refractivity contribution in [2.45, 2.75) is 51.1 Å². The molecule has 2 aliphatic rings. The standard InChI is InChI=1S/C16H23NO3/c1-19-16(18)15-13(8-10-20-15)11-17-9-4-6-12-5-2-3-7-14(12)17/h8,10,12,14H,2-7,9,11H2,1H3. The van der Waals surface area contributed by atoms with Crippen molar-refractivity contribution in [1.29, 1.82) is 0 Å². The zero-order chi connectivity index (χ0) is 13.9. The Bertz CT molecular complexity index is 466. The Kier molecular flexibility index (Phi) is 4.10. The van der Waals surface area contributed by atoms with Crippen LogP contribution in [0.3, 0.4) is 0 Å². The molecule has 1 aromatic rings. The highest BCUT2D eigenvalue weighted by Gasteiger charge is 2.33. The van der Waals surface area contributed by atoms with Gasteiger partial charge >= 0.3 is 5.97 Å². The molecule has 4 heteroatoms. The first-order valence-electron chi connectivity index (χ1n) is 7.68. The molecule has 2 heterocycles. The van der Waals surface area contributed by atoms with Crippen LogP contribution >= 0.6 is 0 Å². The van der Waals surface area contributed by atoms with Gasteiger partial charge in [0.2, 0.25) is 5.76 Å². The van der Waals surface area contributed by atoms with Gasteiger partial charge < -0.3 is 9.15 Å². The molecule has 2 fully saturated rings. The minimum absolute atomic E-state index is 0.366. The molecule has 1 saturated carbocycles. The summed E-state index contributed by atoms with van der Waals surface area (Å²) in [6.07, 6.45) is 9.63. The van der Waals surface area contributed by atoms with E-state index in [0.29, 0.717) is 11.8 Å². The van der Waals surface area contributed by atoms with E-state index in [1.54, 1.807) is 6.26 Å². The van der Waals surface area contributed by atoms with Crippen LogP contribution < -0.4 is 0 Å². The molecule has 0 radical (unpaired) electrons. The Hall–Kier alpha value is -1.29. The van der Waals surface area contributed by atoms with Crippen molar-refractivity contribution >= 4 is 5.97 Å². The van der Waals surface area contributed by atoms with Crippen LogP contribution in [0.5, 0.6) is 0 Å². The van der Waals surface area contributed by atoms with Crippen molar-refractivity contribution in [2.75, 3.05) is 13.7 Å². The normalized spacial score (nSPS) is 27.1. The van der Waals surface area contributed by atoms with Crippen molar-refractivity contribution in [1.82, 2.24) is 4.90 Å². The summed E-state index contributed by atoms with van der Waals surface area (Å²) in [5.41, 5.74) is 0.961. The Morgan fingerprint density at radius 3 is 3.00 bits per heavy atom. The average Bonchev–Trinajstić information content (AvgIpc) is 2.95. The molecular formula is C16H23NO3. The number of fused-ring (bicyclic) bond motifs is 1. The van der Waals surface area contributed by atoms with E-state index in [0.717, 1.165) is 24.6 Å². The first-order chi connectivity index (χ1) is 9.79. The molecule has 20 heavy (non-hydrogen) atoms. The van der Waals surface area contributed by atoms with E-state index >= 15 is 0 Å². The van der Waals surface area contributed by atoms with E-state index in [4.69, 9.17) is 9.15 Å². The third-order valence-electron chi connectivity index (χ3n) is 4.85. The molecule has 3 rings (SSSR count). The van der Waals surface area contributed by atoms with Gasteiger partial charge in [0.15, 0.2) is 0 Å². The second kappa shape index (κ2) is 6.00. The fraction of sp³-hybridized carbons (Fsp3) is 0.688. The highest BCUT2D eigenvalue weighted by molar-refractivity contribution is 5.87. The molecule has 0 amide bonds. The molecule has 0 N–H and O–H groups in total. The lowest BCUT2D eigenvalue weighted by Gasteiger charge is -2.44. The van der Waals surface area contributed by atoms with Gasteiger partial charge in [-0.15, -0.1) is 0 Å². The average molecular weight is 277 g/mol. The zero-order valence-electron chi connectivity index (χ0n) is 12.1. The lowest BCUT2D eigenvalue weighted by atomic mass is 9.78. The minimum atomic E-state index is -0.373. The Morgan fingerprint density at radius 1 is 1.35 bits per heavy atom. The van der Waals surface area contributed by atoms with Crippen LogP contribution in [0.2, 0.25) is 0 Å². The van der Waals surface area contributed by atoms with Gasteiger partial charge in [0, 0.05) is 18.2 Å². The maximum atomic E-state index is 11.7. The second-order valence-corrected chi connectivity index (χ2v) is 5.99. The van der Waals surface area contributed by atoms with E-state index in [9.17, 15) is 4.79 Å². The number of likely N-dealkylation sites (tertiary alicyclic amines) is 1. The number of piperidine rings is 1. The summed E-state index contributed by atoms with van der Waals surface area (Å²) in [6, 6.07) is 2.59. The summed E-state index contributed by atoms with van der Waals surface area (Å²) in [7, 11) is 1.40. The number of carbonyl (C=O) groups excluding carboxylic acids is 1. The summed E-state index contributed by atoms with van der Waals surface area (Å²) in [5, 5.41) is 0. The molecule has 0 spiro atoms. The number of ether oxygens (including phenoxy) is 1. The predicted octanol–water partition coefficient (Wildman–Crippen LogP) is 3.22. The van der Waals surface area contributed by atoms with Crippen LogP contribution in [-0.4, -0.2) is 30.6 Å². The number of furan rings is 1. The smallest absolute Gasteiger partial charge is 0.374 e. The van der Waals surface area contributed by atoms with Crippen LogP contribution in [-0.2, 0) is 11.3 Å². The highest BCUT2D eigenvalue weighted by atomic mass is 16.5. The molecule has 2 unspecified atom stereocenters. The summed E-state index contributed by atoms with van der Waals surface area (Å²) >= 11 is 0. The number of hydrogen-bond acceptors (Lipinski definition) is 4. The molecule has 0 aromatic carbocycles. The molecule has 4 nitrogen and oxygen atoms in total. The van der Waals surface area contributed by atoms with Crippen LogP contribution in [0.1, 0.15) is 54.6 Å². The number of rotatable bonds is 3. The topological polar surface area (TPSA) is 42.7 Å². The van der Waals surface area contributed by atoms with Crippen molar-refractivity contribution in [2.24, 2.45) is 5.92 Å². The van der Waals surface area contributed by atoms with E-state index in [1.165, 1.54) is 45.6 Å². The van der Waals surface area contributed by atoms with Gasteiger partial charge in [0.1, 0.15) is 0 Å². The van der Waals surface area contributed by atoms with Crippen molar-refractivity contribution in [3.05, 3.63) is 23.7 Å². The first kappa shape index (κ1) is 13.7. The zero-order valence-corrected chi connectivity index (χ0v) is 12.1. The third-order valence-corrected chi connectivity index (χ3v) is 4.85. The molecule has 0 bridgehead atoms. The summed E-state index contributed by atoms with van der Waals surface area (Å²) < 4.78 is 10.1. The summed E-state index contributed by atoms with van der Waals surface area (Å²) in [6.45, 7) is 1.94. The molecule has 1 aromatic heterocycles. The largest absolute Gasteiger partial charge is 0.463 e. The van der Waals surface area contributed by atoms with Gasteiger partial charge in [-0.2, -0.15) is 0 Å². The number of hydrogen-bond donors (Lipinski definition) is 0. The lowest BCUT2D eigenvalue weighted by Crippen LogP contribution is -2.46. The molecular weight excluding hydrogens is 254 g/mol. The molecule has 1 aliphatic carbocycles. The van der Waals surface area contributed by atoms with Gasteiger partial charge in [-0.3, -0.25) is 4.90 Å². The van der Waals surface area contributed by atoms with E-state index in [-0.39, 0.29) is 5.97 Å². The third kappa shape index (κ3) is 2.62. The van der Waals surface area contributed by atoms with Gasteiger partial charge in [0.25, 0.3) is 0 Å². The lowest BCUT2D eigenvalue weighted by molar-refractivity contribution is 0.0502. The molecule has 2 atom stereocenters. The van der Waals surface area contributed by atoms with Gasteiger partial charge in [-0.1, -0.05) is 12.8 Å². The monoisotopic (exact) mass is 277 g/mol. The molecule has 110 valence electrons. The van der Waals surface area contributed by atoms with Crippen molar-refractivity contribution < 1.29 is 13.9 Å². The van der Waals surface area contributed by atoms with Gasteiger partial charge in [-0.05, 0) is 44.2 Å². The Morgan fingerprint density at radius 2 is 2.15 bits per heavy atom. The van der Waals surface area contributed by atoms with E-state index in [2.05, 4.69) is 4.90 Å². The van der Waals surface area contributed by atoms with E-state index < -0.39 is 0 Å². The minimum Gasteiger partial charge on any atom is -0.463 e. The van der Waals surface area contributed by atoms with Crippen LogP contribution in [0.15, 0.2) is 16.7 Å². The Balaban J connectivity index is 1.73. The highest BCUT2D eigenvalue weighted by Crippen LogP contribution is 2.36. The van der Waals surface area contributed by atoms with Crippen LogP contribution in [0.25, 0.3) is 0 Å². The molecule has 1 aliphatic heterocycles. The van der Waals surface area contributed by atoms with Crippen molar-refractivity contribution in [3.8, 4) is 0 Å². The summed E-state index contributed by atoms with van der Waals surface area (Å²) in [5.74, 6) is 0.846. The number of esters is 1. The second-order valence-electron chi connectivity index (χ2n) is 5.99. The van der Waals surface area contributed by atoms with Crippen LogP contribution in [0.4, 0.5) is 0 Å². The first-order valence-corrected chi connectivity index (χ1v) is 7.68. The SMILES string of the molecule is COC(=O)c1occc1CN1CCCC2CCCCC21. The molecule has 1 saturated heterocycles. The maximum Gasteiger partial charge on any atom is 0.374 e. The van der Waals surface area contributed by atoms with Gasteiger partial charge in [-0.25, -0.2) is 4.79 Å². The fourth-order valence-corrected chi connectivity index (χ4v) is 3.88. The van der Waals surface area contributed by atoms with Crippen LogP contribution in [0, 0.1) is 5.92 Å². The number of methoxy groups -OCH3 is 1. The summed E-state index contributed by atoms with van der Waals surface area (Å²) in [4.78, 5) is 14.2. The van der Waals surface area contributed by atoms with Gasteiger partial charge in [0.05, 0.1) is 13.4 Å². The fourth-order valence-electron chi connectivity index (χ4n) is 3.88. The quantitative estimate of drug-likeness (QED) is 0.796. The number of nitrogens with zero attached hydrogens (tertiary/aromatic N) is 1. The number of carbonyl (C=O) groups is 1. The van der Waals surface area contributed by atoms with E-state index in [1.807, 2.05) is 6.07 Å². The predicted molar refractivity (Wildman–Crippen MR) is 75.4 cm³/mol.